The molecule has 1 amide bonds. The van der Waals surface area contributed by atoms with Crippen LogP contribution in [0.2, 0.25) is 0 Å². The van der Waals surface area contributed by atoms with E-state index in [-0.39, 0.29) is 18.7 Å². The van der Waals surface area contributed by atoms with Gasteiger partial charge in [0.15, 0.2) is 0 Å². The third-order valence-electron chi connectivity index (χ3n) is 3.43. The first-order chi connectivity index (χ1) is 12.7. The van der Waals surface area contributed by atoms with Gasteiger partial charge in [-0.15, -0.1) is 0 Å². The van der Waals surface area contributed by atoms with Gasteiger partial charge in [-0.25, -0.2) is 9.18 Å². The third kappa shape index (κ3) is 5.99. The Labute approximate surface area is 157 Å². The van der Waals surface area contributed by atoms with Gasteiger partial charge in [0.1, 0.15) is 23.2 Å². The molecule has 0 unspecified atom stereocenters. The predicted molar refractivity (Wildman–Crippen MR) is 96.7 cm³/mol. The smallest absolute Gasteiger partial charge is 0.407 e. The Morgan fingerprint density at radius 3 is 2.78 bits per heavy atom. The number of nitrogens with one attached hydrogen (secondary N) is 1. The molecule has 1 aromatic heterocycles. The predicted octanol–water partition coefficient (Wildman–Crippen LogP) is 3.37. The molecule has 0 saturated carbocycles. The Balaban J connectivity index is 2.06. The van der Waals surface area contributed by atoms with E-state index in [1.165, 1.54) is 12.1 Å². The van der Waals surface area contributed by atoms with Gasteiger partial charge < -0.3 is 14.8 Å². The molecule has 0 aliphatic heterocycles. The van der Waals surface area contributed by atoms with Gasteiger partial charge >= 0.3 is 6.09 Å². The molecular formula is C19H23FN4O3. The van der Waals surface area contributed by atoms with Gasteiger partial charge in [0.2, 0.25) is 0 Å². The number of hydrogen-bond donors (Lipinski definition) is 1. The fourth-order valence-corrected chi connectivity index (χ4v) is 2.34. The van der Waals surface area contributed by atoms with E-state index in [4.69, 9.17) is 14.7 Å². The second-order valence-electron chi connectivity index (χ2n) is 6.89. The Hall–Kier alpha value is -3.08. The molecule has 27 heavy (non-hydrogen) atoms. The summed E-state index contributed by atoms with van der Waals surface area (Å²) >= 11 is 0. The average Bonchev–Trinajstić information content (AvgIpc) is 3.01. The Morgan fingerprint density at radius 2 is 2.15 bits per heavy atom. The van der Waals surface area contributed by atoms with Crippen molar-refractivity contribution in [1.29, 1.82) is 5.26 Å². The lowest BCUT2D eigenvalue weighted by atomic mass is 10.1. The van der Waals surface area contributed by atoms with Crippen LogP contribution in [0.25, 0.3) is 0 Å². The summed E-state index contributed by atoms with van der Waals surface area (Å²) in [5.41, 5.74) is 0.713. The van der Waals surface area contributed by atoms with Gasteiger partial charge in [-0.1, -0.05) is 0 Å². The molecule has 8 heteroatoms. The van der Waals surface area contributed by atoms with Crippen LogP contribution in [-0.4, -0.2) is 28.1 Å². The molecule has 0 saturated heterocycles. The summed E-state index contributed by atoms with van der Waals surface area (Å²) in [6.07, 6.45) is 2.84. The van der Waals surface area contributed by atoms with Crippen LogP contribution in [0, 0.1) is 17.1 Å². The number of benzene rings is 1. The fourth-order valence-electron chi connectivity index (χ4n) is 2.34. The van der Waals surface area contributed by atoms with Crippen LogP contribution in [0.1, 0.15) is 44.4 Å². The lowest BCUT2D eigenvalue weighted by Gasteiger charge is -2.19. The fraction of sp³-hybridized carbons (Fsp3) is 0.421. The molecule has 0 fully saturated rings. The monoisotopic (exact) mass is 374 g/mol. The summed E-state index contributed by atoms with van der Waals surface area (Å²) in [6.45, 7) is 8.10. The number of carbonyl (C=O) groups excluding carboxylic acids is 1. The van der Waals surface area contributed by atoms with E-state index in [1.54, 1.807) is 43.9 Å². The molecule has 0 spiro atoms. The van der Waals surface area contributed by atoms with Crippen molar-refractivity contribution in [3.8, 4) is 11.8 Å². The molecule has 2 rings (SSSR count). The van der Waals surface area contributed by atoms with Crippen LogP contribution in [-0.2, 0) is 17.8 Å². The van der Waals surface area contributed by atoms with E-state index in [1.807, 2.05) is 6.92 Å². The Kier molecular flexibility index (Phi) is 6.40. The number of ether oxygens (including phenoxy) is 2. The van der Waals surface area contributed by atoms with Crippen molar-refractivity contribution in [2.24, 2.45) is 0 Å². The van der Waals surface area contributed by atoms with Gasteiger partial charge in [0.25, 0.3) is 0 Å². The zero-order valence-electron chi connectivity index (χ0n) is 15.9. The van der Waals surface area contributed by atoms with Gasteiger partial charge in [-0.3, -0.25) is 4.68 Å². The molecule has 0 atom stereocenters. The maximum absolute atomic E-state index is 14.0. The minimum absolute atomic E-state index is 0.0649. The number of rotatable bonds is 6. The number of carbonyl (C=O) groups is 1. The Morgan fingerprint density at radius 1 is 1.41 bits per heavy atom. The van der Waals surface area contributed by atoms with E-state index in [9.17, 15) is 9.18 Å². The summed E-state index contributed by atoms with van der Waals surface area (Å²) in [5, 5.41) is 15.8. The van der Waals surface area contributed by atoms with Crippen molar-refractivity contribution in [3.63, 3.8) is 0 Å². The first-order valence-corrected chi connectivity index (χ1v) is 8.55. The number of halogens is 1. The maximum atomic E-state index is 14.0. The second kappa shape index (κ2) is 8.54. The van der Waals surface area contributed by atoms with Crippen LogP contribution >= 0.6 is 0 Å². The highest BCUT2D eigenvalue weighted by molar-refractivity contribution is 5.67. The minimum atomic E-state index is -0.602. The van der Waals surface area contributed by atoms with Crippen LogP contribution in [0.3, 0.4) is 0 Å². The van der Waals surface area contributed by atoms with Crippen molar-refractivity contribution < 1.29 is 18.7 Å². The topological polar surface area (TPSA) is 89.2 Å². The van der Waals surface area contributed by atoms with E-state index in [0.717, 1.165) is 5.56 Å². The van der Waals surface area contributed by atoms with Crippen LogP contribution < -0.4 is 10.1 Å². The minimum Gasteiger partial charge on any atom is -0.493 e. The van der Waals surface area contributed by atoms with Crippen LogP contribution in [0.4, 0.5) is 9.18 Å². The standard InChI is InChI=1S/C19H23FN4O3/c1-5-26-17-7-14(8-21)16(20)6-15(17)12-24-11-13(10-23-24)9-22-18(25)27-19(2,3)4/h6-7,10-11H,5,9,12H2,1-4H3,(H,22,25). The maximum Gasteiger partial charge on any atom is 0.407 e. The first-order valence-electron chi connectivity index (χ1n) is 8.55. The summed E-state index contributed by atoms with van der Waals surface area (Å²) in [7, 11) is 0. The third-order valence-corrected chi connectivity index (χ3v) is 3.43. The molecule has 0 radical (unpaired) electrons. The number of nitrogens with zero attached hydrogens (tertiary/aromatic N) is 3. The zero-order chi connectivity index (χ0) is 20.0. The number of amides is 1. The van der Waals surface area contributed by atoms with Crippen LogP contribution in [0.5, 0.6) is 5.75 Å². The van der Waals surface area contributed by atoms with Crippen molar-refractivity contribution in [1.82, 2.24) is 15.1 Å². The molecule has 0 aliphatic rings. The number of nitriles is 1. The van der Waals surface area contributed by atoms with E-state index in [0.29, 0.717) is 17.9 Å². The molecule has 0 aliphatic carbocycles. The molecule has 1 N–H and O–H groups in total. The summed E-state index contributed by atoms with van der Waals surface area (Å²) < 4.78 is 26.2. The van der Waals surface area contributed by atoms with E-state index in [2.05, 4.69) is 10.4 Å². The second-order valence-corrected chi connectivity index (χ2v) is 6.89. The average molecular weight is 374 g/mol. The largest absolute Gasteiger partial charge is 0.493 e. The van der Waals surface area contributed by atoms with Crippen LogP contribution in [0.15, 0.2) is 24.5 Å². The molecule has 0 bridgehead atoms. The van der Waals surface area contributed by atoms with Gasteiger partial charge in [0.05, 0.1) is 24.9 Å². The molecule has 144 valence electrons. The summed E-state index contributed by atoms with van der Waals surface area (Å²) in [4.78, 5) is 11.7. The molecule has 1 heterocycles. The SMILES string of the molecule is CCOc1cc(C#N)c(F)cc1Cn1cc(CNC(=O)OC(C)(C)C)cn1. The highest BCUT2D eigenvalue weighted by atomic mass is 19.1. The highest BCUT2D eigenvalue weighted by Gasteiger charge is 2.16. The quantitative estimate of drug-likeness (QED) is 0.837. The highest BCUT2D eigenvalue weighted by Crippen LogP contribution is 2.24. The van der Waals surface area contributed by atoms with Crippen molar-refractivity contribution >= 4 is 6.09 Å². The first kappa shape index (κ1) is 20.2. The molecule has 1 aromatic carbocycles. The molecular weight excluding hydrogens is 351 g/mol. The summed E-state index contributed by atoms with van der Waals surface area (Å²) in [6, 6.07) is 4.48. The van der Waals surface area contributed by atoms with Crippen molar-refractivity contribution in [2.75, 3.05) is 6.61 Å². The lowest BCUT2D eigenvalue weighted by molar-refractivity contribution is 0.0523. The molecule has 7 nitrogen and oxygen atoms in total. The lowest BCUT2D eigenvalue weighted by Crippen LogP contribution is -2.32. The normalized spacial score (nSPS) is 11.0. The molecule has 2 aromatic rings. The number of alkyl carbamates (subject to hydrolysis) is 1. The summed E-state index contributed by atoms with van der Waals surface area (Å²) in [5.74, 6) is -0.158. The van der Waals surface area contributed by atoms with Gasteiger partial charge in [0, 0.05) is 29.9 Å². The number of hydrogen-bond acceptors (Lipinski definition) is 5. The van der Waals surface area contributed by atoms with E-state index >= 15 is 0 Å². The van der Waals surface area contributed by atoms with Crippen molar-refractivity contribution in [3.05, 3.63) is 47.0 Å². The van der Waals surface area contributed by atoms with Gasteiger partial charge in [-0.2, -0.15) is 10.4 Å². The van der Waals surface area contributed by atoms with Gasteiger partial charge in [-0.05, 0) is 33.8 Å². The van der Waals surface area contributed by atoms with Crippen molar-refractivity contribution in [2.45, 2.75) is 46.4 Å². The Bertz CT molecular complexity index is 850. The van der Waals surface area contributed by atoms with E-state index < -0.39 is 17.5 Å². The zero-order valence-corrected chi connectivity index (χ0v) is 15.9. The number of aromatic nitrogens is 2.